The fraction of sp³-hybridized carbons (Fsp3) is 0.286. The molecule has 2 aromatic rings. The third-order valence-electron chi connectivity index (χ3n) is 5.39. The topological polar surface area (TPSA) is 104 Å². The van der Waals surface area contributed by atoms with Gasteiger partial charge in [-0.2, -0.15) is 4.65 Å². The van der Waals surface area contributed by atoms with Crippen molar-refractivity contribution in [2.45, 2.75) is 32.3 Å². The SMILES string of the molecule is C#CC[N+]1(O)CCC(C(=O)NO)(S(=O)(=O)c2ccc(Sc3ccccc3)cc2)CC1. The number of hydroxylamine groups is 4. The molecule has 30 heavy (non-hydrogen) atoms. The third-order valence-corrected chi connectivity index (χ3v) is 8.92. The van der Waals surface area contributed by atoms with Crippen LogP contribution >= 0.6 is 11.8 Å². The number of amides is 1. The van der Waals surface area contributed by atoms with E-state index in [9.17, 15) is 23.6 Å². The monoisotopic (exact) mass is 447 g/mol. The zero-order chi connectivity index (χ0) is 21.8. The van der Waals surface area contributed by atoms with E-state index in [0.29, 0.717) is 0 Å². The van der Waals surface area contributed by atoms with Gasteiger partial charge in [-0.25, -0.2) is 19.1 Å². The van der Waals surface area contributed by atoms with Crippen molar-refractivity contribution in [3.8, 4) is 12.3 Å². The van der Waals surface area contributed by atoms with Gasteiger partial charge in [-0.1, -0.05) is 30.0 Å². The van der Waals surface area contributed by atoms with Gasteiger partial charge in [0, 0.05) is 22.6 Å². The number of terminal acetylenes is 1. The second-order valence-electron chi connectivity index (χ2n) is 7.23. The Morgan fingerprint density at radius 2 is 1.67 bits per heavy atom. The summed E-state index contributed by atoms with van der Waals surface area (Å²) in [6, 6.07) is 15.9. The molecule has 158 valence electrons. The van der Waals surface area contributed by atoms with Gasteiger partial charge in [-0.15, -0.1) is 6.42 Å². The Kier molecular flexibility index (Phi) is 6.55. The molecule has 0 radical (unpaired) electrons. The lowest BCUT2D eigenvalue weighted by atomic mass is 9.94. The van der Waals surface area contributed by atoms with E-state index in [1.165, 1.54) is 29.4 Å². The van der Waals surface area contributed by atoms with Crippen molar-refractivity contribution in [2.75, 3.05) is 19.6 Å². The number of nitrogens with zero attached hydrogens (tertiary/aromatic N) is 1. The first-order valence-corrected chi connectivity index (χ1v) is 11.6. The van der Waals surface area contributed by atoms with Crippen LogP contribution in [0.5, 0.6) is 0 Å². The van der Waals surface area contributed by atoms with Crippen molar-refractivity contribution in [1.29, 1.82) is 0 Å². The summed E-state index contributed by atoms with van der Waals surface area (Å²) in [5.41, 5.74) is 1.50. The van der Waals surface area contributed by atoms with Gasteiger partial charge in [0.05, 0.1) is 4.90 Å². The molecule has 0 aromatic heterocycles. The molecule has 0 bridgehead atoms. The maximum Gasteiger partial charge on any atom is 0.265 e. The van der Waals surface area contributed by atoms with Crippen molar-refractivity contribution in [1.82, 2.24) is 5.48 Å². The number of sulfone groups is 1. The molecule has 0 aliphatic carbocycles. The summed E-state index contributed by atoms with van der Waals surface area (Å²) in [4.78, 5) is 14.4. The van der Waals surface area contributed by atoms with E-state index >= 15 is 0 Å². The Morgan fingerprint density at radius 1 is 1.10 bits per heavy atom. The van der Waals surface area contributed by atoms with E-state index in [0.717, 1.165) is 9.79 Å². The van der Waals surface area contributed by atoms with E-state index in [-0.39, 0.29) is 37.4 Å². The second-order valence-corrected chi connectivity index (χ2v) is 10.6. The van der Waals surface area contributed by atoms with Crippen LogP contribution in [-0.4, -0.2) is 53.8 Å². The molecular weight excluding hydrogens is 424 g/mol. The second kappa shape index (κ2) is 8.79. The molecule has 9 heteroatoms. The van der Waals surface area contributed by atoms with Crippen LogP contribution in [0, 0.1) is 12.3 Å². The predicted molar refractivity (Wildman–Crippen MR) is 112 cm³/mol. The highest BCUT2D eigenvalue weighted by Crippen LogP contribution is 2.38. The summed E-state index contributed by atoms with van der Waals surface area (Å²) in [5, 5.41) is 19.7. The predicted octanol–water partition coefficient (Wildman–Crippen LogP) is 2.49. The molecule has 7 nitrogen and oxygen atoms in total. The lowest BCUT2D eigenvalue weighted by molar-refractivity contribution is -1.10. The zero-order valence-corrected chi connectivity index (χ0v) is 17.8. The first-order valence-electron chi connectivity index (χ1n) is 9.31. The Labute approximate surface area is 180 Å². The number of nitrogens with one attached hydrogen (secondary N) is 1. The van der Waals surface area contributed by atoms with Crippen LogP contribution in [0.15, 0.2) is 69.3 Å². The zero-order valence-electron chi connectivity index (χ0n) is 16.2. The van der Waals surface area contributed by atoms with Crippen LogP contribution in [0.25, 0.3) is 0 Å². The van der Waals surface area contributed by atoms with Crippen LogP contribution in [-0.2, 0) is 14.6 Å². The van der Waals surface area contributed by atoms with Crippen molar-refractivity contribution in [3.63, 3.8) is 0 Å². The number of carbonyl (C=O) groups is 1. The van der Waals surface area contributed by atoms with Gasteiger partial charge in [0.2, 0.25) is 0 Å². The van der Waals surface area contributed by atoms with Gasteiger partial charge in [0.25, 0.3) is 5.91 Å². The molecule has 1 heterocycles. The van der Waals surface area contributed by atoms with Gasteiger partial charge in [0.1, 0.15) is 13.1 Å². The molecule has 1 saturated heterocycles. The number of hydrogen-bond acceptors (Lipinski definition) is 6. The minimum absolute atomic E-state index is 0.0151. The average molecular weight is 448 g/mol. The van der Waals surface area contributed by atoms with Crippen LogP contribution in [0.3, 0.4) is 0 Å². The number of rotatable bonds is 6. The van der Waals surface area contributed by atoms with E-state index in [4.69, 9.17) is 6.42 Å². The van der Waals surface area contributed by atoms with E-state index in [1.807, 2.05) is 30.3 Å². The normalized spacial score (nSPS) is 24.0. The summed E-state index contributed by atoms with van der Waals surface area (Å²) >= 11 is 1.49. The Balaban J connectivity index is 1.89. The molecule has 1 fully saturated rings. The average Bonchev–Trinajstić information content (AvgIpc) is 2.75. The highest BCUT2D eigenvalue weighted by atomic mass is 32.2. The molecule has 0 atom stereocenters. The Hall–Kier alpha value is -2.35. The van der Waals surface area contributed by atoms with Gasteiger partial charge in [-0.3, -0.25) is 10.0 Å². The molecule has 1 aliphatic rings. The molecule has 3 rings (SSSR count). The number of piperidine rings is 1. The molecule has 2 aromatic carbocycles. The maximum atomic E-state index is 13.4. The van der Waals surface area contributed by atoms with Gasteiger partial charge >= 0.3 is 0 Å². The summed E-state index contributed by atoms with van der Waals surface area (Å²) in [6.45, 7) is -0.0140. The van der Waals surface area contributed by atoms with Crippen LogP contribution in [0.1, 0.15) is 12.8 Å². The lowest BCUT2D eigenvalue weighted by Gasteiger charge is -2.41. The minimum atomic E-state index is -4.14. The Morgan fingerprint density at radius 3 is 2.20 bits per heavy atom. The first-order chi connectivity index (χ1) is 14.3. The van der Waals surface area contributed by atoms with E-state index < -0.39 is 25.1 Å². The molecule has 3 N–H and O–H groups in total. The highest BCUT2D eigenvalue weighted by Gasteiger charge is 2.56. The highest BCUT2D eigenvalue weighted by molar-refractivity contribution is 7.99. The quantitative estimate of drug-likeness (QED) is 0.272. The van der Waals surface area contributed by atoms with Crippen LogP contribution in [0.2, 0.25) is 0 Å². The van der Waals surface area contributed by atoms with Crippen molar-refractivity contribution in [3.05, 3.63) is 54.6 Å². The minimum Gasteiger partial charge on any atom is -0.289 e. The summed E-state index contributed by atoms with van der Waals surface area (Å²) in [5.74, 6) is 1.36. The standard InChI is InChI=1S/C21H22N2O5S2/c1-2-14-23(26)15-12-21(13-16-23,20(24)22-25)30(27,28)19-10-8-18(9-11-19)29-17-6-4-3-5-7-17/h1,3-11,26H,12-16H2,(H-,22,24,25)/p+1. The molecular formula is C21H23N2O5S2+. The molecule has 0 saturated carbocycles. The number of benzene rings is 2. The summed E-state index contributed by atoms with van der Waals surface area (Å²) < 4.78 is 24.5. The summed E-state index contributed by atoms with van der Waals surface area (Å²) in [6.07, 6.45) is 4.95. The van der Waals surface area contributed by atoms with E-state index in [2.05, 4.69) is 5.92 Å². The number of quaternary nitrogens is 1. The van der Waals surface area contributed by atoms with Crippen molar-refractivity contribution < 1.29 is 28.3 Å². The number of likely N-dealkylation sites (tertiary alicyclic amines) is 1. The third kappa shape index (κ3) is 4.24. The fourth-order valence-electron chi connectivity index (χ4n) is 3.60. The maximum absolute atomic E-state index is 13.4. The molecule has 1 aliphatic heterocycles. The van der Waals surface area contributed by atoms with Gasteiger partial charge in [0.15, 0.2) is 21.1 Å². The Bertz CT molecular complexity index is 1040. The van der Waals surface area contributed by atoms with Crippen LogP contribution in [0.4, 0.5) is 0 Å². The van der Waals surface area contributed by atoms with Crippen molar-refractivity contribution in [2.24, 2.45) is 0 Å². The lowest BCUT2D eigenvalue weighted by Crippen LogP contribution is -2.62. The first kappa shape index (κ1) is 22.3. The van der Waals surface area contributed by atoms with Crippen molar-refractivity contribution >= 4 is 27.5 Å². The van der Waals surface area contributed by atoms with E-state index in [1.54, 1.807) is 12.1 Å². The van der Waals surface area contributed by atoms with Gasteiger partial charge in [-0.05, 0) is 42.3 Å². The largest absolute Gasteiger partial charge is 0.289 e. The van der Waals surface area contributed by atoms with Gasteiger partial charge < -0.3 is 0 Å². The molecule has 1 amide bonds. The molecule has 0 unspecified atom stereocenters. The van der Waals surface area contributed by atoms with Crippen LogP contribution < -0.4 is 5.48 Å². The molecule has 0 spiro atoms. The smallest absolute Gasteiger partial charge is 0.265 e. The fourth-order valence-corrected chi connectivity index (χ4v) is 6.39. The number of carbonyl (C=O) groups excluding carboxylic acids is 1. The summed E-state index contributed by atoms with van der Waals surface area (Å²) in [7, 11) is -4.14. The number of hydrogen-bond donors (Lipinski definition) is 3.